The van der Waals surface area contributed by atoms with Crippen molar-refractivity contribution in [1.29, 1.82) is 0 Å². The van der Waals surface area contributed by atoms with E-state index in [4.69, 9.17) is 10.7 Å². The molecule has 0 saturated carbocycles. The number of aryl methyl sites for hydroxylation is 1. The highest BCUT2D eigenvalue weighted by Crippen LogP contribution is 2.17. The van der Waals surface area contributed by atoms with Crippen LogP contribution in [0.25, 0.3) is 0 Å². The van der Waals surface area contributed by atoms with Gasteiger partial charge in [-0.2, -0.15) is 0 Å². The third kappa shape index (κ3) is 3.10. The van der Waals surface area contributed by atoms with Crippen LogP contribution in [-0.2, 0) is 15.6 Å². The van der Waals surface area contributed by atoms with Crippen molar-refractivity contribution in [3.8, 4) is 0 Å². The molecule has 2 rings (SSSR count). The molecule has 0 atom stereocenters. The number of halogens is 3. The highest BCUT2D eigenvalue weighted by molar-refractivity contribution is 8.13. The standard InChI is InChI=1S/C11H9ClF2N2O2S/c1-7-15-11(19(12,17)18)6-16(7)5-8-2-3-9(13)4-10(8)14/h2-4,6H,5H2,1H3. The SMILES string of the molecule is Cc1nc(S(=O)(=O)Cl)cn1Cc1ccc(F)cc1F. The van der Waals surface area contributed by atoms with Gasteiger partial charge in [0.2, 0.25) is 0 Å². The zero-order chi connectivity index (χ0) is 14.2. The third-order valence-electron chi connectivity index (χ3n) is 2.56. The monoisotopic (exact) mass is 306 g/mol. The first-order valence-corrected chi connectivity index (χ1v) is 7.50. The highest BCUT2D eigenvalue weighted by Gasteiger charge is 2.16. The summed E-state index contributed by atoms with van der Waals surface area (Å²) in [7, 11) is 1.24. The number of aromatic nitrogens is 2. The van der Waals surface area contributed by atoms with E-state index < -0.39 is 20.7 Å². The molecule has 0 fully saturated rings. The molecule has 1 heterocycles. The van der Waals surface area contributed by atoms with Gasteiger partial charge in [-0.3, -0.25) is 0 Å². The lowest BCUT2D eigenvalue weighted by Crippen LogP contribution is -2.03. The lowest BCUT2D eigenvalue weighted by molar-refractivity contribution is 0.565. The van der Waals surface area contributed by atoms with Crippen molar-refractivity contribution >= 4 is 19.7 Å². The molecule has 0 N–H and O–H groups in total. The second-order valence-electron chi connectivity index (χ2n) is 3.93. The van der Waals surface area contributed by atoms with Gasteiger partial charge in [-0.1, -0.05) is 6.07 Å². The van der Waals surface area contributed by atoms with Crippen molar-refractivity contribution in [2.45, 2.75) is 18.5 Å². The topological polar surface area (TPSA) is 52.0 Å². The summed E-state index contributed by atoms with van der Waals surface area (Å²) in [5.74, 6) is -1.01. The number of hydrogen-bond donors (Lipinski definition) is 0. The van der Waals surface area contributed by atoms with Crippen LogP contribution in [-0.4, -0.2) is 18.0 Å². The van der Waals surface area contributed by atoms with Crippen LogP contribution in [0.2, 0.25) is 0 Å². The second-order valence-corrected chi connectivity index (χ2v) is 6.44. The lowest BCUT2D eigenvalue weighted by atomic mass is 10.2. The molecule has 2 aromatic rings. The number of benzene rings is 1. The van der Waals surface area contributed by atoms with E-state index in [1.807, 2.05) is 0 Å². The summed E-state index contributed by atoms with van der Waals surface area (Å²) >= 11 is 0. The third-order valence-corrected chi connectivity index (χ3v) is 3.73. The predicted octanol–water partition coefficient (Wildman–Crippen LogP) is 2.45. The maximum absolute atomic E-state index is 13.5. The van der Waals surface area contributed by atoms with Gasteiger partial charge in [-0.25, -0.2) is 22.2 Å². The first-order valence-electron chi connectivity index (χ1n) is 5.20. The molecule has 0 bridgehead atoms. The number of rotatable bonds is 3. The van der Waals surface area contributed by atoms with Crippen LogP contribution >= 0.6 is 10.7 Å². The Labute approximate surface area is 113 Å². The van der Waals surface area contributed by atoms with Gasteiger partial charge in [-0.15, -0.1) is 0 Å². The minimum absolute atomic E-state index is 0.0390. The van der Waals surface area contributed by atoms with Gasteiger partial charge in [0.25, 0.3) is 9.05 Å². The molecule has 0 amide bonds. The van der Waals surface area contributed by atoms with Crippen LogP contribution in [0.15, 0.2) is 29.4 Å². The molecule has 0 aliphatic heterocycles. The summed E-state index contributed by atoms with van der Waals surface area (Å²) in [6.45, 7) is 1.60. The Morgan fingerprint density at radius 2 is 2.05 bits per heavy atom. The molecule has 1 aromatic carbocycles. The fourth-order valence-corrected chi connectivity index (χ4v) is 2.31. The van der Waals surface area contributed by atoms with Crippen LogP contribution < -0.4 is 0 Å². The van der Waals surface area contributed by atoms with Gasteiger partial charge >= 0.3 is 0 Å². The molecule has 0 aliphatic rings. The molecule has 0 spiro atoms. The Morgan fingerprint density at radius 1 is 1.37 bits per heavy atom. The minimum Gasteiger partial charge on any atom is -0.329 e. The number of imidazole rings is 1. The Morgan fingerprint density at radius 3 is 2.58 bits per heavy atom. The van der Waals surface area contributed by atoms with Gasteiger partial charge in [-0.05, 0) is 13.0 Å². The van der Waals surface area contributed by atoms with Gasteiger partial charge in [0.15, 0.2) is 5.03 Å². The van der Waals surface area contributed by atoms with Crippen molar-refractivity contribution in [3.63, 3.8) is 0 Å². The summed E-state index contributed by atoms with van der Waals surface area (Å²) in [5.41, 5.74) is 0.223. The van der Waals surface area contributed by atoms with Gasteiger partial charge < -0.3 is 4.57 Å². The molecule has 1 aromatic heterocycles. The highest BCUT2D eigenvalue weighted by atomic mass is 35.7. The average Bonchev–Trinajstić information content (AvgIpc) is 2.64. The minimum atomic E-state index is -3.93. The van der Waals surface area contributed by atoms with E-state index in [1.165, 1.54) is 16.8 Å². The lowest BCUT2D eigenvalue weighted by Gasteiger charge is -2.06. The van der Waals surface area contributed by atoms with Crippen molar-refractivity contribution in [3.05, 3.63) is 47.4 Å². The fourth-order valence-electron chi connectivity index (χ4n) is 1.59. The van der Waals surface area contributed by atoms with Crippen molar-refractivity contribution in [2.24, 2.45) is 0 Å². The van der Waals surface area contributed by atoms with Gasteiger partial charge in [0.05, 0.1) is 6.54 Å². The maximum atomic E-state index is 13.5. The summed E-state index contributed by atoms with van der Waals surface area (Å²) in [4.78, 5) is 3.77. The molecule has 0 aliphatic carbocycles. The fraction of sp³-hybridized carbons (Fsp3) is 0.182. The molecule has 102 valence electrons. The average molecular weight is 307 g/mol. The molecular weight excluding hydrogens is 298 g/mol. The van der Waals surface area contributed by atoms with Crippen LogP contribution in [0, 0.1) is 18.6 Å². The Bertz CT molecular complexity index is 728. The summed E-state index contributed by atoms with van der Waals surface area (Å²) in [5, 5.41) is -0.297. The molecule has 4 nitrogen and oxygen atoms in total. The van der Waals surface area contributed by atoms with Gasteiger partial charge in [0, 0.05) is 28.5 Å². The summed E-state index contributed by atoms with van der Waals surface area (Å²) in [6, 6.07) is 3.18. The Hall–Kier alpha value is -1.47. The van der Waals surface area contributed by atoms with E-state index in [9.17, 15) is 17.2 Å². The zero-order valence-corrected chi connectivity index (χ0v) is 11.3. The van der Waals surface area contributed by atoms with Crippen molar-refractivity contribution in [1.82, 2.24) is 9.55 Å². The van der Waals surface area contributed by atoms with Crippen molar-refractivity contribution < 1.29 is 17.2 Å². The molecule has 0 radical (unpaired) electrons. The number of nitrogens with zero attached hydrogens (tertiary/aromatic N) is 2. The smallest absolute Gasteiger partial charge is 0.280 e. The molecule has 0 saturated heterocycles. The van der Waals surface area contributed by atoms with Crippen LogP contribution in [0.1, 0.15) is 11.4 Å². The summed E-state index contributed by atoms with van der Waals surface area (Å²) < 4.78 is 49.9. The van der Waals surface area contributed by atoms with Crippen molar-refractivity contribution in [2.75, 3.05) is 0 Å². The van der Waals surface area contributed by atoms with E-state index in [-0.39, 0.29) is 17.1 Å². The molecular formula is C11H9ClF2N2O2S. The summed E-state index contributed by atoms with van der Waals surface area (Å²) in [6.07, 6.45) is 1.21. The maximum Gasteiger partial charge on any atom is 0.280 e. The molecule has 19 heavy (non-hydrogen) atoms. The molecule has 0 unspecified atom stereocenters. The van der Waals surface area contributed by atoms with E-state index in [2.05, 4.69) is 4.98 Å². The van der Waals surface area contributed by atoms with Crippen LogP contribution in [0.5, 0.6) is 0 Å². The first kappa shape index (κ1) is 14.0. The van der Waals surface area contributed by atoms with Crippen LogP contribution in [0.4, 0.5) is 8.78 Å². The number of hydrogen-bond acceptors (Lipinski definition) is 3. The van der Waals surface area contributed by atoms with Crippen LogP contribution in [0.3, 0.4) is 0 Å². The zero-order valence-electron chi connectivity index (χ0n) is 9.77. The van der Waals surface area contributed by atoms with E-state index in [0.29, 0.717) is 5.82 Å². The first-order chi connectivity index (χ1) is 8.77. The quantitative estimate of drug-likeness (QED) is 0.819. The van der Waals surface area contributed by atoms with E-state index >= 15 is 0 Å². The normalized spacial score (nSPS) is 11.8. The Kier molecular flexibility index (Phi) is 3.60. The Balaban J connectivity index is 2.36. The van der Waals surface area contributed by atoms with E-state index in [1.54, 1.807) is 6.92 Å². The van der Waals surface area contributed by atoms with E-state index in [0.717, 1.165) is 12.1 Å². The second kappa shape index (κ2) is 4.90. The van der Waals surface area contributed by atoms with Gasteiger partial charge in [0.1, 0.15) is 17.5 Å². The molecule has 8 heteroatoms. The predicted molar refractivity (Wildman–Crippen MR) is 65.5 cm³/mol. The largest absolute Gasteiger partial charge is 0.329 e.